The number of aromatic nitrogens is 1. The summed E-state index contributed by atoms with van der Waals surface area (Å²) in [5, 5.41) is 11.6. The molecule has 19 heavy (non-hydrogen) atoms. The van der Waals surface area contributed by atoms with E-state index in [1.807, 2.05) is 6.92 Å². The molecule has 0 aliphatic carbocycles. The highest BCUT2D eigenvalue weighted by Crippen LogP contribution is 2.14. The van der Waals surface area contributed by atoms with E-state index in [0.29, 0.717) is 6.54 Å². The number of carbonyl (C=O) groups excluding carboxylic acids is 1. The summed E-state index contributed by atoms with van der Waals surface area (Å²) in [5.74, 6) is -1.55. The van der Waals surface area contributed by atoms with Crippen LogP contribution in [0.3, 0.4) is 0 Å². The van der Waals surface area contributed by atoms with Gasteiger partial charge in [-0.25, -0.2) is 9.78 Å². The third-order valence-electron chi connectivity index (χ3n) is 3.06. The lowest BCUT2D eigenvalue weighted by atomic mass is 10.0. The second-order valence-electron chi connectivity index (χ2n) is 4.58. The van der Waals surface area contributed by atoms with Gasteiger partial charge in [-0.15, -0.1) is 11.3 Å². The molecule has 0 spiro atoms. The van der Waals surface area contributed by atoms with Crippen LogP contribution in [-0.2, 0) is 11.3 Å². The van der Waals surface area contributed by atoms with E-state index in [0.717, 1.165) is 10.6 Å². The summed E-state index contributed by atoms with van der Waals surface area (Å²) < 4.78 is 0. The molecular weight excluding hydrogens is 266 g/mol. The van der Waals surface area contributed by atoms with Crippen molar-refractivity contribution in [3.05, 3.63) is 16.1 Å². The summed E-state index contributed by atoms with van der Waals surface area (Å²) in [5.41, 5.74) is 2.66. The average molecular weight is 285 g/mol. The molecule has 106 valence electrons. The number of amides is 2. The lowest BCUT2D eigenvalue weighted by Gasteiger charge is -2.23. The highest BCUT2D eigenvalue weighted by atomic mass is 32.1. The van der Waals surface area contributed by atoms with Crippen LogP contribution in [0.5, 0.6) is 0 Å². The summed E-state index contributed by atoms with van der Waals surface area (Å²) in [4.78, 5) is 29.4. The standard InChI is InChI=1S/C12H19N3O3S/c1-7(11(16)17)8(2)14-12(18)15(4)5-10-9(3)13-6-19-10/h6-8H,5H2,1-4H3,(H,14,18)(H,16,17). The van der Waals surface area contributed by atoms with Crippen molar-refractivity contribution in [3.63, 3.8) is 0 Å². The zero-order valence-corrected chi connectivity index (χ0v) is 12.3. The Morgan fingerprint density at radius 2 is 2.16 bits per heavy atom. The highest BCUT2D eigenvalue weighted by Gasteiger charge is 2.22. The summed E-state index contributed by atoms with van der Waals surface area (Å²) in [6.07, 6.45) is 0. The molecule has 1 aromatic rings. The average Bonchev–Trinajstić information content (AvgIpc) is 2.73. The Bertz CT molecular complexity index is 461. The van der Waals surface area contributed by atoms with E-state index in [4.69, 9.17) is 5.11 Å². The number of nitrogens with zero attached hydrogens (tertiary/aromatic N) is 2. The van der Waals surface area contributed by atoms with Gasteiger partial charge >= 0.3 is 12.0 Å². The van der Waals surface area contributed by atoms with E-state index in [2.05, 4.69) is 10.3 Å². The van der Waals surface area contributed by atoms with Gasteiger partial charge in [-0.3, -0.25) is 4.79 Å². The van der Waals surface area contributed by atoms with Crippen LogP contribution >= 0.6 is 11.3 Å². The van der Waals surface area contributed by atoms with Crippen LogP contribution in [0.4, 0.5) is 4.79 Å². The van der Waals surface area contributed by atoms with Crippen LogP contribution in [0.25, 0.3) is 0 Å². The quantitative estimate of drug-likeness (QED) is 0.862. The first kappa shape index (κ1) is 15.4. The molecule has 1 aromatic heterocycles. The van der Waals surface area contributed by atoms with Crippen molar-refractivity contribution in [2.45, 2.75) is 33.4 Å². The highest BCUT2D eigenvalue weighted by molar-refractivity contribution is 7.09. The monoisotopic (exact) mass is 285 g/mol. The molecule has 0 bridgehead atoms. The Morgan fingerprint density at radius 3 is 2.63 bits per heavy atom. The van der Waals surface area contributed by atoms with Crippen LogP contribution < -0.4 is 5.32 Å². The minimum absolute atomic E-state index is 0.284. The normalized spacial score (nSPS) is 13.7. The Kier molecular flexibility index (Phi) is 5.29. The van der Waals surface area contributed by atoms with Gasteiger partial charge in [0.25, 0.3) is 0 Å². The van der Waals surface area contributed by atoms with Crippen molar-refractivity contribution < 1.29 is 14.7 Å². The number of hydrogen-bond donors (Lipinski definition) is 2. The first-order valence-corrected chi connectivity index (χ1v) is 6.84. The molecule has 0 aliphatic rings. The molecule has 2 N–H and O–H groups in total. The van der Waals surface area contributed by atoms with Gasteiger partial charge in [-0.1, -0.05) is 0 Å². The molecule has 0 aromatic carbocycles. The second kappa shape index (κ2) is 6.51. The molecule has 0 saturated carbocycles. The molecule has 0 saturated heterocycles. The smallest absolute Gasteiger partial charge is 0.317 e. The summed E-state index contributed by atoms with van der Waals surface area (Å²) >= 11 is 1.50. The summed E-state index contributed by atoms with van der Waals surface area (Å²) in [7, 11) is 1.67. The molecule has 7 heteroatoms. The largest absolute Gasteiger partial charge is 0.481 e. The van der Waals surface area contributed by atoms with Gasteiger partial charge in [0.15, 0.2) is 0 Å². The van der Waals surface area contributed by atoms with E-state index in [-0.39, 0.29) is 6.03 Å². The van der Waals surface area contributed by atoms with Crippen molar-refractivity contribution in [2.75, 3.05) is 7.05 Å². The predicted molar refractivity (Wildman–Crippen MR) is 73.1 cm³/mol. The number of aliphatic carboxylic acids is 1. The fourth-order valence-corrected chi connectivity index (χ4v) is 2.24. The van der Waals surface area contributed by atoms with Gasteiger partial charge in [-0.05, 0) is 20.8 Å². The topological polar surface area (TPSA) is 82.5 Å². The maximum absolute atomic E-state index is 11.9. The van der Waals surface area contributed by atoms with E-state index in [1.54, 1.807) is 26.4 Å². The third-order valence-corrected chi connectivity index (χ3v) is 3.98. The Balaban J connectivity index is 2.54. The van der Waals surface area contributed by atoms with Crippen LogP contribution in [0.2, 0.25) is 0 Å². The summed E-state index contributed by atoms with van der Waals surface area (Å²) in [6, 6.07) is -0.705. The van der Waals surface area contributed by atoms with E-state index < -0.39 is 17.9 Å². The number of carboxylic acid groups (broad SMARTS) is 1. The lowest BCUT2D eigenvalue weighted by Crippen LogP contribution is -2.45. The van der Waals surface area contributed by atoms with Gasteiger partial charge in [0.1, 0.15) is 0 Å². The fourth-order valence-electron chi connectivity index (χ4n) is 1.41. The molecule has 1 rings (SSSR count). The molecule has 0 radical (unpaired) electrons. The molecule has 0 aliphatic heterocycles. The van der Waals surface area contributed by atoms with Crippen molar-refractivity contribution in [3.8, 4) is 0 Å². The van der Waals surface area contributed by atoms with Crippen LogP contribution in [0, 0.1) is 12.8 Å². The Hall–Kier alpha value is -1.63. The maximum atomic E-state index is 11.9. The number of nitrogens with one attached hydrogen (secondary N) is 1. The van der Waals surface area contributed by atoms with E-state index in [1.165, 1.54) is 16.2 Å². The Labute approximate surface area is 116 Å². The number of urea groups is 1. The van der Waals surface area contributed by atoms with Crippen LogP contribution in [-0.4, -0.2) is 40.1 Å². The second-order valence-corrected chi connectivity index (χ2v) is 5.52. The molecule has 2 atom stereocenters. The van der Waals surface area contributed by atoms with Crippen LogP contribution in [0.15, 0.2) is 5.51 Å². The fraction of sp³-hybridized carbons (Fsp3) is 0.583. The number of carbonyl (C=O) groups is 2. The molecule has 1 heterocycles. The molecule has 2 unspecified atom stereocenters. The zero-order valence-electron chi connectivity index (χ0n) is 11.5. The lowest BCUT2D eigenvalue weighted by molar-refractivity contribution is -0.141. The van der Waals surface area contributed by atoms with Crippen molar-refractivity contribution >= 4 is 23.3 Å². The first-order chi connectivity index (χ1) is 8.82. The van der Waals surface area contributed by atoms with Gasteiger partial charge in [-0.2, -0.15) is 0 Å². The van der Waals surface area contributed by atoms with Crippen molar-refractivity contribution in [1.82, 2.24) is 15.2 Å². The molecule has 6 nitrogen and oxygen atoms in total. The van der Waals surface area contributed by atoms with Gasteiger partial charge in [0.2, 0.25) is 0 Å². The molecular formula is C12H19N3O3S. The third kappa shape index (κ3) is 4.20. The van der Waals surface area contributed by atoms with Crippen molar-refractivity contribution in [1.29, 1.82) is 0 Å². The first-order valence-electron chi connectivity index (χ1n) is 5.96. The maximum Gasteiger partial charge on any atom is 0.317 e. The van der Waals surface area contributed by atoms with Crippen LogP contribution in [0.1, 0.15) is 24.4 Å². The Morgan fingerprint density at radius 1 is 1.53 bits per heavy atom. The zero-order chi connectivity index (χ0) is 14.6. The SMILES string of the molecule is Cc1ncsc1CN(C)C(=O)NC(C)C(C)C(=O)O. The summed E-state index contributed by atoms with van der Waals surface area (Å²) in [6.45, 7) is 5.62. The van der Waals surface area contributed by atoms with Gasteiger partial charge in [0, 0.05) is 18.0 Å². The number of rotatable bonds is 5. The minimum Gasteiger partial charge on any atom is -0.481 e. The predicted octanol–water partition coefficient (Wildman–Crippen LogP) is 1.70. The van der Waals surface area contributed by atoms with Gasteiger partial charge in [0.05, 0.1) is 23.7 Å². The number of aryl methyl sites for hydroxylation is 1. The number of carboxylic acids is 1. The van der Waals surface area contributed by atoms with E-state index >= 15 is 0 Å². The number of thiazole rings is 1. The molecule has 0 fully saturated rings. The van der Waals surface area contributed by atoms with E-state index in [9.17, 15) is 9.59 Å². The van der Waals surface area contributed by atoms with Gasteiger partial charge < -0.3 is 15.3 Å². The molecule has 2 amide bonds. The van der Waals surface area contributed by atoms with Crippen molar-refractivity contribution in [2.24, 2.45) is 5.92 Å². The number of hydrogen-bond acceptors (Lipinski definition) is 4. The minimum atomic E-state index is -0.922.